The van der Waals surface area contributed by atoms with E-state index in [0.29, 0.717) is 11.4 Å². The molecule has 0 bridgehead atoms. The van der Waals surface area contributed by atoms with Crippen LogP contribution in [0.3, 0.4) is 0 Å². The smallest absolute Gasteiger partial charge is 0.270 e. The molecule has 2 N–H and O–H groups in total. The lowest BCUT2D eigenvalue weighted by molar-refractivity contribution is -0.134. The lowest BCUT2D eigenvalue weighted by Crippen LogP contribution is -2.41. The van der Waals surface area contributed by atoms with Gasteiger partial charge < -0.3 is 10.6 Å². The highest BCUT2D eigenvalue weighted by Gasteiger charge is 2.42. The molecule has 0 aromatic heterocycles. The second-order valence-electron chi connectivity index (χ2n) is 8.02. The predicted molar refractivity (Wildman–Crippen MR) is 109 cm³/mol. The summed E-state index contributed by atoms with van der Waals surface area (Å²) in [6, 6.07) is 5.42. The van der Waals surface area contributed by atoms with E-state index in [1.54, 1.807) is 13.0 Å². The number of nitrogens with zero attached hydrogens (tertiary/aromatic N) is 2. The van der Waals surface area contributed by atoms with E-state index in [2.05, 4.69) is 15.7 Å². The normalized spacial score (nSPS) is 27.5. The zero-order valence-electron chi connectivity index (χ0n) is 16.8. The Balaban J connectivity index is 1.52. The number of nitrogens with one attached hydrogen (secondary N) is 2. The fourth-order valence-corrected chi connectivity index (χ4v) is 3.79. The monoisotopic (exact) mass is 412 g/mol. The molecule has 156 valence electrons. The highest BCUT2D eigenvalue weighted by molar-refractivity contribution is 6.24. The number of hydrogen-bond donors (Lipinski definition) is 2. The molecule has 1 aromatic carbocycles. The van der Waals surface area contributed by atoms with Crippen molar-refractivity contribution in [3.05, 3.63) is 66.0 Å². The molecule has 2 aliphatic heterocycles. The van der Waals surface area contributed by atoms with E-state index in [4.69, 9.17) is 0 Å². The Kier molecular flexibility index (Phi) is 4.60. The molecule has 30 heavy (non-hydrogen) atoms. The largest absolute Gasteiger partial charge is 0.382 e. The summed E-state index contributed by atoms with van der Waals surface area (Å²) in [6.45, 7) is 4.44. The van der Waals surface area contributed by atoms with Crippen LogP contribution >= 0.6 is 0 Å². The molecule has 1 aromatic rings. The average molecular weight is 412 g/mol. The van der Waals surface area contributed by atoms with Crippen LogP contribution in [0.1, 0.15) is 26.3 Å². The van der Waals surface area contributed by atoms with E-state index in [1.807, 2.05) is 31.4 Å². The third kappa shape index (κ3) is 3.42. The first-order chi connectivity index (χ1) is 14.1. The van der Waals surface area contributed by atoms with Gasteiger partial charge in [0.25, 0.3) is 11.8 Å². The van der Waals surface area contributed by atoms with Gasteiger partial charge in [-0.3, -0.25) is 9.59 Å². The van der Waals surface area contributed by atoms with Gasteiger partial charge in [0, 0.05) is 24.1 Å². The Hall–Kier alpha value is -3.29. The maximum absolute atomic E-state index is 13.6. The van der Waals surface area contributed by atoms with Crippen molar-refractivity contribution in [2.45, 2.75) is 32.2 Å². The standard InChI is InChI=1S/C22H22F2N4O2/c1-13-18(19(29)26-16-6-4-5-15(11-16)22(3,23)24)20(30)28(27-13)17-7-9-21(2)14(12-17)8-10-25-21/h4-12,14,18,25H,1-3H3,(H,26,29). The SMILES string of the molecule is CC1=NN(C2=CC3C=CNC3(C)C=C2)C(=O)C1C(=O)Nc1cccc(C(C)(F)F)c1. The quantitative estimate of drug-likeness (QED) is 0.744. The van der Waals surface area contributed by atoms with E-state index in [0.717, 1.165) is 6.92 Å². The molecule has 4 rings (SSSR count). The number of alkyl halides is 2. The number of allylic oxidation sites excluding steroid dienone is 1. The maximum atomic E-state index is 13.6. The molecule has 3 unspecified atom stereocenters. The van der Waals surface area contributed by atoms with Crippen molar-refractivity contribution in [2.24, 2.45) is 16.9 Å². The van der Waals surface area contributed by atoms with Gasteiger partial charge in [0.1, 0.15) is 0 Å². The second kappa shape index (κ2) is 6.90. The van der Waals surface area contributed by atoms with Crippen LogP contribution in [-0.2, 0) is 15.5 Å². The van der Waals surface area contributed by atoms with Gasteiger partial charge >= 0.3 is 0 Å². The summed E-state index contributed by atoms with van der Waals surface area (Å²) >= 11 is 0. The van der Waals surface area contributed by atoms with Gasteiger partial charge in [0.05, 0.1) is 16.9 Å². The first-order valence-corrected chi connectivity index (χ1v) is 9.62. The summed E-state index contributed by atoms with van der Waals surface area (Å²) in [4.78, 5) is 25.7. The summed E-state index contributed by atoms with van der Waals surface area (Å²) in [5.41, 5.74) is 0.681. The molecule has 6 nitrogen and oxygen atoms in total. The second-order valence-corrected chi connectivity index (χ2v) is 8.02. The summed E-state index contributed by atoms with van der Waals surface area (Å²) in [6.07, 6.45) is 9.58. The summed E-state index contributed by atoms with van der Waals surface area (Å²) in [7, 11) is 0. The number of amides is 2. The van der Waals surface area contributed by atoms with Gasteiger partial charge in [0.15, 0.2) is 5.92 Å². The number of benzene rings is 1. The van der Waals surface area contributed by atoms with Crippen molar-refractivity contribution in [3.8, 4) is 0 Å². The molecule has 0 radical (unpaired) electrons. The molecule has 2 amide bonds. The summed E-state index contributed by atoms with van der Waals surface area (Å²) in [5.74, 6) is -5.16. The van der Waals surface area contributed by atoms with Gasteiger partial charge in [-0.2, -0.15) is 5.10 Å². The molecule has 3 aliphatic rings. The number of rotatable bonds is 4. The predicted octanol–water partition coefficient (Wildman–Crippen LogP) is 3.52. The Morgan fingerprint density at radius 2 is 2.13 bits per heavy atom. The Morgan fingerprint density at radius 3 is 2.87 bits per heavy atom. The number of halogens is 2. The highest BCUT2D eigenvalue weighted by atomic mass is 19.3. The Bertz CT molecular complexity index is 1040. The van der Waals surface area contributed by atoms with Gasteiger partial charge in [0.2, 0.25) is 5.91 Å². The zero-order valence-corrected chi connectivity index (χ0v) is 16.8. The third-order valence-electron chi connectivity index (χ3n) is 5.62. The van der Waals surface area contributed by atoms with E-state index in [-0.39, 0.29) is 22.7 Å². The highest BCUT2D eigenvalue weighted by Crippen LogP contribution is 2.34. The van der Waals surface area contributed by atoms with Crippen molar-refractivity contribution < 1.29 is 18.4 Å². The zero-order chi connectivity index (χ0) is 21.7. The molecule has 0 saturated carbocycles. The van der Waals surface area contributed by atoms with Crippen LogP contribution in [-0.4, -0.2) is 28.1 Å². The molecule has 1 aliphatic carbocycles. The molecule has 3 atom stereocenters. The summed E-state index contributed by atoms with van der Waals surface area (Å²) < 4.78 is 27.1. The van der Waals surface area contributed by atoms with Gasteiger partial charge in [-0.05, 0) is 44.3 Å². The third-order valence-corrected chi connectivity index (χ3v) is 5.62. The maximum Gasteiger partial charge on any atom is 0.270 e. The van der Waals surface area contributed by atoms with Crippen LogP contribution in [0.2, 0.25) is 0 Å². The summed E-state index contributed by atoms with van der Waals surface area (Å²) in [5, 5.41) is 11.4. The van der Waals surface area contributed by atoms with Crippen molar-refractivity contribution in [1.29, 1.82) is 0 Å². The number of carbonyl (C=O) groups excluding carboxylic acids is 2. The Morgan fingerprint density at radius 1 is 1.37 bits per heavy atom. The molecule has 2 heterocycles. The first kappa shape index (κ1) is 20.0. The van der Waals surface area contributed by atoms with Gasteiger partial charge in [-0.15, -0.1) is 0 Å². The Labute approximate surface area is 173 Å². The lowest BCUT2D eigenvalue weighted by Gasteiger charge is -2.31. The van der Waals surface area contributed by atoms with E-state index in [9.17, 15) is 18.4 Å². The van der Waals surface area contributed by atoms with Crippen LogP contribution in [0.5, 0.6) is 0 Å². The van der Waals surface area contributed by atoms with Crippen LogP contribution in [0.15, 0.2) is 65.6 Å². The van der Waals surface area contributed by atoms with Crippen molar-refractivity contribution in [3.63, 3.8) is 0 Å². The minimum Gasteiger partial charge on any atom is -0.382 e. The van der Waals surface area contributed by atoms with Gasteiger partial charge in [-0.25, -0.2) is 13.8 Å². The average Bonchev–Trinajstić information content (AvgIpc) is 3.19. The minimum atomic E-state index is -3.03. The van der Waals surface area contributed by atoms with E-state index < -0.39 is 23.7 Å². The van der Waals surface area contributed by atoms with Crippen LogP contribution < -0.4 is 10.6 Å². The fourth-order valence-electron chi connectivity index (χ4n) is 3.79. The van der Waals surface area contributed by atoms with Crippen LogP contribution in [0, 0.1) is 11.8 Å². The number of fused-ring (bicyclic) bond motifs is 1. The van der Waals surface area contributed by atoms with Crippen LogP contribution in [0.25, 0.3) is 0 Å². The first-order valence-electron chi connectivity index (χ1n) is 9.62. The topological polar surface area (TPSA) is 73.8 Å². The molecule has 0 fully saturated rings. The lowest BCUT2D eigenvalue weighted by atomic mass is 9.83. The minimum absolute atomic E-state index is 0.0622. The van der Waals surface area contributed by atoms with Crippen molar-refractivity contribution in [1.82, 2.24) is 10.3 Å². The molecular formula is C22H22F2N4O2. The number of hydrogen-bond acceptors (Lipinski definition) is 4. The van der Waals surface area contributed by atoms with E-state index in [1.165, 1.54) is 29.3 Å². The van der Waals surface area contributed by atoms with Gasteiger partial charge in [-0.1, -0.05) is 24.3 Å². The fraction of sp³-hybridized carbons (Fsp3) is 0.318. The molecular weight excluding hydrogens is 390 g/mol. The number of hydrazone groups is 1. The van der Waals surface area contributed by atoms with Crippen molar-refractivity contribution >= 4 is 23.2 Å². The van der Waals surface area contributed by atoms with E-state index >= 15 is 0 Å². The van der Waals surface area contributed by atoms with Crippen LogP contribution in [0.4, 0.5) is 14.5 Å². The molecule has 8 heteroatoms. The number of carbonyl (C=O) groups is 2. The molecule has 0 saturated heterocycles. The number of anilines is 1. The molecule has 0 spiro atoms. The van der Waals surface area contributed by atoms with Crippen molar-refractivity contribution in [2.75, 3.05) is 5.32 Å².